The quantitative estimate of drug-likeness (QED) is 0.464. The summed E-state index contributed by atoms with van der Waals surface area (Å²) >= 11 is 8.29. The molecule has 1 N–H and O–H groups in total. The topological polar surface area (TPSA) is 71.4 Å². The van der Waals surface area contributed by atoms with Gasteiger partial charge in [0.1, 0.15) is 18.0 Å². The van der Waals surface area contributed by atoms with Gasteiger partial charge in [0.15, 0.2) is 5.82 Å². The van der Waals surface area contributed by atoms with Crippen LogP contribution in [0.5, 0.6) is 0 Å². The van der Waals surface area contributed by atoms with Crippen LogP contribution in [0.25, 0.3) is 11.4 Å². The molecule has 3 aromatic heterocycles. The van der Waals surface area contributed by atoms with E-state index in [1.807, 2.05) is 19.1 Å². The van der Waals surface area contributed by atoms with Crippen LogP contribution in [-0.2, 0) is 16.9 Å². The molecule has 0 aromatic carbocycles. The average molecular weight is 483 g/mol. The Balaban J connectivity index is 1.59. The van der Waals surface area contributed by atoms with Crippen molar-refractivity contribution in [3.05, 3.63) is 80.4 Å². The van der Waals surface area contributed by atoms with Crippen LogP contribution in [0, 0.1) is 6.92 Å². The summed E-state index contributed by atoms with van der Waals surface area (Å²) < 4.78 is 6.11. The number of allylic oxidation sites excluding steroid dienone is 2. The number of hydrogen-bond donors (Lipinski definition) is 1. The van der Waals surface area contributed by atoms with Gasteiger partial charge in [0, 0.05) is 35.1 Å². The number of aryl methyl sites for hydroxylation is 1. The highest BCUT2D eigenvalue weighted by Gasteiger charge is 2.23. The van der Waals surface area contributed by atoms with E-state index in [1.54, 1.807) is 43.6 Å². The Morgan fingerprint density at radius 1 is 1.18 bits per heavy atom. The molecule has 1 aliphatic rings. The molecule has 8 heteroatoms. The SMILES string of the molecule is CC1=CC(OCc2csc(C)c2)=C(C)CN1c1cc(-c2ccnc(C(C)(C)O)n2)ncc1Cl. The number of anilines is 1. The van der Waals surface area contributed by atoms with Crippen LogP contribution in [0.2, 0.25) is 5.02 Å². The Morgan fingerprint density at radius 3 is 2.67 bits per heavy atom. The normalized spacial score (nSPS) is 14.5. The predicted molar refractivity (Wildman–Crippen MR) is 133 cm³/mol. The van der Waals surface area contributed by atoms with E-state index in [-0.39, 0.29) is 0 Å². The second kappa shape index (κ2) is 9.25. The third-order valence-electron chi connectivity index (χ3n) is 5.35. The first-order valence-electron chi connectivity index (χ1n) is 10.7. The van der Waals surface area contributed by atoms with E-state index in [0.717, 1.165) is 22.7 Å². The summed E-state index contributed by atoms with van der Waals surface area (Å²) in [6.07, 6.45) is 5.31. The molecule has 0 radical (unpaired) electrons. The predicted octanol–water partition coefficient (Wildman–Crippen LogP) is 6.00. The van der Waals surface area contributed by atoms with Crippen LogP contribution < -0.4 is 4.90 Å². The lowest BCUT2D eigenvalue weighted by molar-refractivity contribution is 0.0688. The average Bonchev–Trinajstić information content (AvgIpc) is 3.19. The Hall–Kier alpha value is -2.74. The van der Waals surface area contributed by atoms with E-state index in [4.69, 9.17) is 16.3 Å². The van der Waals surface area contributed by atoms with Crippen molar-refractivity contribution in [3.8, 4) is 11.4 Å². The van der Waals surface area contributed by atoms with Gasteiger partial charge in [0.25, 0.3) is 0 Å². The summed E-state index contributed by atoms with van der Waals surface area (Å²) in [6.45, 7) is 10.7. The van der Waals surface area contributed by atoms with Gasteiger partial charge in [-0.15, -0.1) is 11.3 Å². The van der Waals surface area contributed by atoms with Crippen LogP contribution in [0.3, 0.4) is 0 Å². The van der Waals surface area contributed by atoms with E-state index < -0.39 is 5.60 Å². The van der Waals surface area contributed by atoms with Gasteiger partial charge in [-0.3, -0.25) is 4.98 Å². The summed E-state index contributed by atoms with van der Waals surface area (Å²) in [7, 11) is 0. The van der Waals surface area contributed by atoms with Gasteiger partial charge in [-0.2, -0.15) is 0 Å². The number of aromatic nitrogens is 3. The van der Waals surface area contributed by atoms with Crippen molar-refractivity contribution in [2.24, 2.45) is 0 Å². The Kier molecular flexibility index (Phi) is 6.56. The van der Waals surface area contributed by atoms with Crippen LogP contribution >= 0.6 is 22.9 Å². The number of hydrogen-bond acceptors (Lipinski definition) is 7. The molecule has 1 aliphatic heterocycles. The van der Waals surface area contributed by atoms with Gasteiger partial charge in [-0.05, 0) is 69.8 Å². The van der Waals surface area contributed by atoms with Crippen molar-refractivity contribution in [3.63, 3.8) is 0 Å². The zero-order valence-corrected chi connectivity index (χ0v) is 21.0. The van der Waals surface area contributed by atoms with Crippen molar-refractivity contribution >= 4 is 28.6 Å². The Bertz CT molecular complexity index is 1240. The van der Waals surface area contributed by atoms with Gasteiger partial charge < -0.3 is 14.7 Å². The maximum Gasteiger partial charge on any atom is 0.160 e. The lowest BCUT2D eigenvalue weighted by atomic mass is 10.1. The molecule has 0 fully saturated rings. The number of ether oxygens (including phenoxy) is 1. The van der Waals surface area contributed by atoms with E-state index in [0.29, 0.717) is 35.4 Å². The highest BCUT2D eigenvalue weighted by molar-refractivity contribution is 7.10. The maximum absolute atomic E-state index is 10.3. The fourth-order valence-electron chi connectivity index (χ4n) is 3.58. The molecular weight excluding hydrogens is 456 g/mol. The van der Waals surface area contributed by atoms with Crippen molar-refractivity contribution in [2.75, 3.05) is 11.4 Å². The van der Waals surface area contributed by atoms with Gasteiger partial charge in [-0.25, -0.2) is 9.97 Å². The minimum absolute atomic E-state index is 0.341. The molecule has 4 rings (SSSR count). The smallest absolute Gasteiger partial charge is 0.160 e. The third kappa shape index (κ3) is 5.27. The standard InChI is InChI=1S/C25H27ClN4O2S/c1-15-12-30(16(2)8-23(15)32-13-18-9-17(3)33-14-18)22-10-21(28-11-19(22)26)20-6-7-27-24(29-20)25(4,5)31/h6-11,14,31H,12-13H2,1-5H3. The second-order valence-electron chi connectivity index (χ2n) is 8.72. The Morgan fingerprint density at radius 2 is 1.97 bits per heavy atom. The highest BCUT2D eigenvalue weighted by atomic mass is 35.5. The largest absolute Gasteiger partial charge is 0.489 e. The van der Waals surface area contributed by atoms with Crippen molar-refractivity contribution in [1.82, 2.24) is 15.0 Å². The molecule has 0 saturated carbocycles. The molecule has 0 unspecified atom stereocenters. The lowest BCUT2D eigenvalue weighted by Crippen LogP contribution is -2.27. The van der Waals surface area contributed by atoms with E-state index in [2.05, 4.69) is 45.1 Å². The van der Waals surface area contributed by atoms with E-state index >= 15 is 0 Å². The zero-order valence-electron chi connectivity index (χ0n) is 19.4. The molecule has 0 amide bonds. The number of thiophene rings is 1. The number of halogens is 1. The molecule has 6 nitrogen and oxygen atoms in total. The number of nitrogens with zero attached hydrogens (tertiary/aromatic N) is 4. The summed E-state index contributed by atoms with van der Waals surface area (Å²) in [5, 5.41) is 13.0. The third-order valence-corrected chi connectivity index (χ3v) is 6.55. The monoisotopic (exact) mass is 482 g/mol. The molecule has 3 aromatic rings. The fourth-order valence-corrected chi connectivity index (χ4v) is 4.47. The lowest BCUT2D eigenvalue weighted by Gasteiger charge is -2.31. The molecule has 172 valence electrons. The van der Waals surface area contributed by atoms with Gasteiger partial charge in [0.2, 0.25) is 0 Å². The van der Waals surface area contributed by atoms with Crippen molar-refractivity contribution in [1.29, 1.82) is 0 Å². The first-order valence-corrected chi connectivity index (χ1v) is 11.9. The summed E-state index contributed by atoms with van der Waals surface area (Å²) in [5.41, 5.74) is 4.31. The van der Waals surface area contributed by atoms with Gasteiger partial charge >= 0.3 is 0 Å². The first kappa shape index (κ1) is 23.4. The minimum atomic E-state index is -1.14. The molecule has 0 atom stereocenters. The number of rotatable bonds is 6. The molecule has 0 saturated heterocycles. The maximum atomic E-state index is 10.3. The second-order valence-corrected chi connectivity index (χ2v) is 10.2. The van der Waals surface area contributed by atoms with Crippen LogP contribution in [0.15, 0.2) is 59.1 Å². The molecular formula is C25H27ClN4O2S. The fraction of sp³-hybridized carbons (Fsp3) is 0.320. The van der Waals surface area contributed by atoms with Crippen LogP contribution in [0.1, 0.15) is 44.0 Å². The van der Waals surface area contributed by atoms with Gasteiger partial charge in [-0.1, -0.05) is 11.6 Å². The highest BCUT2D eigenvalue weighted by Crippen LogP contribution is 2.35. The van der Waals surface area contributed by atoms with E-state index in [1.165, 1.54) is 10.4 Å². The summed E-state index contributed by atoms with van der Waals surface area (Å²) in [4.78, 5) is 16.6. The molecule has 33 heavy (non-hydrogen) atoms. The summed E-state index contributed by atoms with van der Waals surface area (Å²) in [6, 6.07) is 5.85. The zero-order chi connectivity index (χ0) is 23.8. The molecule has 0 bridgehead atoms. The van der Waals surface area contributed by atoms with Crippen LogP contribution in [0.4, 0.5) is 5.69 Å². The molecule has 0 aliphatic carbocycles. The Labute approximate surface area is 203 Å². The number of pyridine rings is 1. The van der Waals surface area contributed by atoms with Crippen molar-refractivity contribution in [2.45, 2.75) is 46.8 Å². The number of aliphatic hydroxyl groups is 1. The van der Waals surface area contributed by atoms with E-state index in [9.17, 15) is 5.11 Å². The first-order chi connectivity index (χ1) is 15.6. The minimum Gasteiger partial charge on any atom is -0.489 e. The van der Waals surface area contributed by atoms with Crippen LogP contribution in [-0.4, -0.2) is 26.6 Å². The molecule has 4 heterocycles. The van der Waals surface area contributed by atoms with Gasteiger partial charge in [0.05, 0.1) is 22.1 Å². The summed E-state index contributed by atoms with van der Waals surface area (Å²) in [5.74, 6) is 1.23. The molecule has 0 spiro atoms. The van der Waals surface area contributed by atoms with Crippen molar-refractivity contribution < 1.29 is 9.84 Å².